The van der Waals surface area contributed by atoms with Crippen molar-refractivity contribution in [3.63, 3.8) is 0 Å². The number of benzene rings is 2. The zero-order valence-corrected chi connectivity index (χ0v) is 22.9. The van der Waals surface area contributed by atoms with Crippen LogP contribution in [-0.2, 0) is 24.1 Å². The molecule has 2 aliphatic heterocycles. The van der Waals surface area contributed by atoms with Gasteiger partial charge in [0.1, 0.15) is 0 Å². The normalized spacial score (nSPS) is 19.2. The molecule has 2 heterocycles. The van der Waals surface area contributed by atoms with Crippen LogP contribution in [0.15, 0.2) is 36.4 Å². The number of carbonyl (C=O) groups is 2. The van der Waals surface area contributed by atoms with Gasteiger partial charge >= 0.3 is 6.18 Å². The molecule has 0 saturated carbocycles. The summed E-state index contributed by atoms with van der Waals surface area (Å²) in [5.74, 6) is -0.195. The number of alkyl halides is 3. The Hall–Kier alpha value is -2.95. The lowest BCUT2D eigenvalue weighted by molar-refractivity contribution is -0.138. The fourth-order valence-electron chi connectivity index (χ4n) is 5.64. The van der Waals surface area contributed by atoms with Crippen molar-refractivity contribution in [3.8, 4) is 0 Å². The molecule has 4 rings (SSSR count). The first-order chi connectivity index (χ1) is 18.4. The predicted octanol–water partition coefficient (Wildman–Crippen LogP) is 4.14. The lowest BCUT2D eigenvalue weighted by Crippen LogP contribution is -2.47. The van der Waals surface area contributed by atoms with E-state index in [-0.39, 0.29) is 30.3 Å². The van der Waals surface area contributed by atoms with E-state index in [0.29, 0.717) is 24.6 Å². The van der Waals surface area contributed by atoms with Crippen LogP contribution in [0.1, 0.15) is 59.3 Å². The first kappa shape index (κ1) is 29.0. The Morgan fingerprint density at radius 2 is 1.72 bits per heavy atom. The van der Waals surface area contributed by atoms with Gasteiger partial charge in [-0.15, -0.1) is 0 Å². The maximum absolute atomic E-state index is 14.0. The van der Waals surface area contributed by atoms with Crippen LogP contribution in [0.4, 0.5) is 18.9 Å². The third-order valence-corrected chi connectivity index (χ3v) is 7.40. The molecule has 0 aromatic heterocycles. The number of rotatable bonds is 8. The molecule has 0 unspecified atom stereocenters. The number of hydrogen-bond acceptors (Lipinski definition) is 5. The van der Waals surface area contributed by atoms with Gasteiger partial charge in [-0.1, -0.05) is 32.9 Å². The second-order valence-electron chi connectivity index (χ2n) is 11.2. The lowest BCUT2D eigenvalue weighted by Gasteiger charge is -2.35. The molecule has 212 valence electrons. The Morgan fingerprint density at radius 1 is 1.03 bits per heavy atom. The number of carbonyl (C=O) groups excluding carboxylic acids is 2. The molecule has 2 aromatic rings. The van der Waals surface area contributed by atoms with E-state index in [9.17, 15) is 22.8 Å². The van der Waals surface area contributed by atoms with Gasteiger partial charge in [-0.05, 0) is 52.8 Å². The van der Waals surface area contributed by atoms with Gasteiger partial charge in [0.2, 0.25) is 5.91 Å². The van der Waals surface area contributed by atoms with Crippen LogP contribution in [0.2, 0.25) is 0 Å². The van der Waals surface area contributed by atoms with Gasteiger partial charge in [0, 0.05) is 63.6 Å². The molecular formula is C29H38F3N5O2. The Bertz CT molecular complexity index is 1190. The molecule has 2 aliphatic rings. The molecular weight excluding hydrogens is 507 g/mol. The number of amides is 2. The zero-order chi connectivity index (χ0) is 28.3. The number of fused-ring (bicyclic) bond motifs is 1. The molecule has 2 aromatic carbocycles. The number of piperazine rings is 1. The molecule has 1 atom stereocenters. The number of anilines is 1. The van der Waals surface area contributed by atoms with Gasteiger partial charge in [-0.25, -0.2) is 0 Å². The summed E-state index contributed by atoms with van der Waals surface area (Å²) in [5.41, 5.74) is 7.26. The number of nitrogens with one attached hydrogen (secondary N) is 1. The number of halogens is 3. The van der Waals surface area contributed by atoms with Crippen molar-refractivity contribution < 1.29 is 22.8 Å². The number of nitrogens with zero attached hydrogens (tertiary/aromatic N) is 3. The Balaban J connectivity index is 1.46. The number of hydrogen-bond donors (Lipinski definition) is 2. The van der Waals surface area contributed by atoms with Gasteiger partial charge in [-0.2, -0.15) is 13.2 Å². The maximum atomic E-state index is 14.0. The van der Waals surface area contributed by atoms with E-state index in [1.54, 1.807) is 12.1 Å². The van der Waals surface area contributed by atoms with Crippen LogP contribution in [0.5, 0.6) is 0 Å². The Labute approximate surface area is 228 Å². The molecule has 0 radical (unpaired) electrons. The maximum Gasteiger partial charge on any atom is 0.416 e. The van der Waals surface area contributed by atoms with Gasteiger partial charge in [0.05, 0.1) is 12.1 Å². The van der Waals surface area contributed by atoms with E-state index in [4.69, 9.17) is 5.73 Å². The summed E-state index contributed by atoms with van der Waals surface area (Å²) in [5, 5.41) is 2.64. The smallest absolute Gasteiger partial charge is 0.369 e. The standard InChI is InChI=1S/C29H38F3N5O2/c1-19(2)14-35-8-10-36(11-9-35)16-22-4-6-24(13-26(22)29(30,31)32)34-28(39)21-5-7-25-20(3)15-37(18-27(33)38)17-23(25)12-21/h4-7,12-13,19-20H,8-11,14-18H2,1-3H3,(H2,33,38)(H,34,39)/t20-/m0/s1. The molecule has 2 amide bonds. The third kappa shape index (κ3) is 7.58. The highest BCUT2D eigenvalue weighted by molar-refractivity contribution is 6.04. The minimum absolute atomic E-state index is 0.0965. The van der Waals surface area contributed by atoms with E-state index in [0.717, 1.165) is 49.9 Å². The van der Waals surface area contributed by atoms with Crippen molar-refractivity contribution in [3.05, 3.63) is 64.2 Å². The lowest BCUT2D eigenvalue weighted by atomic mass is 9.89. The minimum Gasteiger partial charge on any atom is -0.369 e. The summed E-state index contributed by atoms with van der Waals surface area (Å²) in [4.78, 5) is 30.7. The van der Waals surface area contributed by atoms with Crippen LogP contribution in [-0.4, -0.2) is 72.3 Å². The molecule has 0 bridgehead atoms. The summed E-state index contributed by atoms with van der Waals surface area (Å²) >= 11 is 0. The van der Waals surface area contributed by atoms with E-state index in [2.05, 4.69) is 29.0 Å². The zero-order valence-electron chi connectivity index (χ0n) is 22.9. The van der Waals surface area contributed by atoms with E-state index in [1.165, 1.54) is 12.1 Å². The van der Waals surface area contributed by atoms with Crippen molar-refractivity contribution in [1.82, 2.24) is 14.7 Å². The highest BCUT2D eigenvalue weighted by Gasteiger charge is 2.34. The number of nitrogens with two attached hydrogens (primary N) is 1. The third-order valence-electron chi connectivity index (χ3n) is 7.40. The van der Waals surface area contributed by atoms with Crippen molar-refractivity contribution in [2.45, 2.75) is 46.0 Å². The summed E-state index contributed by atoms with van der Waals surface area (Å²) in [7, 11) is 0. The average molecular weight is 546 g/mol. The first-order valence-corrected chi connectivity index (χ1v) is 13.5. The molecule has 7 nitrogen and oxygen atoms in total. The van der Waals surface area contributed by atoms with Crippen molar-refractivity contribution in [2.24, 2.45) is 11.7 Å². The van der Waals surface area contributed by atoms with Crippen molar-refractivity contribution >= 4 is 17.5 Å². The second-order valence-corrected chi connectivity index (χ2v) is 11.2. The van der Waals surface area contributed by atoms with Crippen LogP contribution < -0.4 is 11.1 Å². The van der Waals surface area contributed by atoms with E-state index in [1.807, 2.05) is 17.9 Å². The summed E-state index contributed by atoms with van der Waals surface area (Å²) in [6.07, 6.45) is -4.54. The van der Waals surface area contributed by atoms with Gasteiger partial charge in [-0.3, -0.25) is 19.4 Å². The summed E-state index contributed by atoms with van der Waals surface area (Å²) in [6.45, 7) is 12.0. The van der Waals surface area contributed by atoms with Crippen molar-refractivity contribution in [1.29, 1.82) is 0 Å². The fraction of sp³-hybridized carbons (Fsp3) is 0.517. The highest BCUT2D eigenvalue weighted by Crippen LogP contribution is 2.35. The molecule has 1 fully saturated rings. The average Bonchev–Trinajstić information content (AvgIpc) is 2.84. The predicted molar refractivity (Wildman–Crippen MR) is 145 cm³/mol. The van der Waals surface area contributed by atoms with E-state index < -0.39 is 23.6 Å². The van der Waals surface area contributed by atoms with E-state index >= 15 is 0 Å². The van der Waals surface area contributed by atoms with Gasteiger partial charge in [0.15, 0.2) is 0 Å². The fourth-order valence-corrected chi connectivity index (χ4v) is 5.64. The van der Waals surface area contributed by atoms with Crippen LogP contribution in [0, 0.1) is 5.92 Å². The SMILES string of the molecule is CC(C)CN1CCN(Cc2ccc(NC(=O)c3ccc4c(c3)CN(CC(N)=O)C[C@@H]4C)cc2C(F)(F)F)CC1. The quantitative estimate of drug-likeness (QED) is 0.521. The molecule has 0 spiro atoms. The minimum atomic E-state index is -4.54. The van der Waals surface area contributed by atoms with Gasteiger partial charge < -0.3 is 16.0 Å². The van der Waals surface area contributed by atoms with Crippen molar-refractivity contribution in [2.75, 3.05) is 51.1 Å². The summed E-state index contributed by atoms with van der Waals surface area (Å²) in [6, 6.07) is 9.33. The first-order valence-electron chi connectivity index (χ1n) is 13.5. The largest absolute Gasteiger partial charge is 0.416 e. The molecule has 10 heteroatoms. The summed E-state index contributed by atoms with van der Waals surface area (Å²) < 4.78 is 42.1. The van der Waals surface area contributed by atoms with Crippen LogP contribution in [0.3, 0.4) is 0 Å². The Morgan fingerprint density at radius 3 is 2.36 bits per heavy atom. The van der Waals surface area contributed by atoms with Crippen LogP contribution in [0.25, 0.3) is 0 Å². The monoisotopic (exact) mass is 545 g/mol. The number of primary amides is 1. The highest BCUT2D eigenvalue weighted by atomic mass is 19.4. The molecule has 1 saturated heterocycles. The topological polar surface area (TPSA) is 81.9 Å². The molecule has 39 heavy (non-hydrogen) atoms. The van der Waals surface area contributed by atoms with Gasteiger partial charge in [0.25, 0.3) is 5.91 Å². The second kappa shape index (κ2) is 12.1. The molecule has 3 N–H and O–H groups in total. The van der Waals surface area contributed by atoms with Crippen LogP contribution >= 0.6 is 0 Å². The molecule has 0 aliphatic carbocycles. The Kier molecular flexibility index (Phi) is 8.98.